The van der Waals surface area contributed by atoms with Crippen molar-refractivity contribution < 1.29 is 18.7 Å². The number of amides is 1. The maximum absolute atomic E-state index is 11.8. The van der Waals surface area contributed by atoms with Crippen LogP contribution in [0.25, 0.3) is 0 Å². The van der Waals surface area contributed by atoms with Gasteiger partial charge < -0.3 is 10.4 Å². The molecule has 7 heteroatoms. The number of nitrogens with zero attached hydrogens (tertiary/aromatic N) is 1. The van der Waals surface area contributed by atoms with Gasteiger partial charge in [-0.3, -0.25) is 9.89 Å². The summed E-state index contributed by atoms with van der Waals surface area (Å²) < 4.78 is 23.7. The van der Waals surface area contributed by atoms with E-state index in [4.69, 9.17) is 5.11 Å². The number of rotatable bonds is 5. The molecule has 84 valence electrons. The number of hydrogen-bond donors (Lipinski definition) is 3. The van der Waals surface area contributed by atoms with Crippen LogP contribution >= 0.6 is 0 Å². The highest BCUT2D eigenvalue weighted by Gasteiger charge is 2.17. The molecule has 1 amide bonds. The fourth-order valence-corrected chi connectivity index (χ4v) is 0.926. The van der Waals surface area contributed by atoms with Crippen LogP contribution in [0.5, 0.6) is 0 Å². The molecule has 1 heterocycles. The zero-order valence-corrected chi connectivity index (χ0v) is 7.78. The van der Waals surface area contributed by atoms with Crippen LogP contribution in [0.4, 0.5) is 8.78 Å². The van der Waals surface area contributed by atoms with E-state index in [1.54, 1.807) is 6.07 Å². The highest BCUT2D eigenvalue weighted by Crippen LogP contribution is 1.99. The maximum Gasteiger partial charge on any atom is 0.265 e. The van der Waals surface area contributed by atoms with Gasteiger partial charge in [-0.1, -0.05) is 0 Å². The molecule has 0 radical (unpaired) electrons. The molecule has 5 nitrogen and oxygen atoms in total. The number of carbonyl (C=O) groups excluding carboxylic acids is 1. The molecule has 1 atom stereocenters. The highest BCUT2D eigenvalue weighted by molar-refractivity contribution is 5.78. The summed E-state index contributed by atoms with van der Waals surface area (Å²) in [5.41, 5.74) is 0.582. The Balaban J connectivity index is 2.25. The molecule has 0 aliphatic heterocycles. The fourth-order valence-electron chi connectivity index (χ4n) is 0.926. The van der Waals surface area contributed by atoms with Crippen LogP contribution < -0.4 is 5.32 Å². The van der Waals surface area contributed by atoms with Gasteiger partial charge in [0.2, 0.25) is 5.91 Å². The lowest BCUT2D eigenvalue weighted by atomic mass is 10.3. The summed E-state index contributed by atoms with van der Waals surface area (Å²) in [6.45, 7) is -0.454. The quantitative estimate of drug-likeness (QED) is 0.636. The molecule has 1 rings (SSSR count). The summed E-state index contributed by atoms with van der Waals surface area (Å²) in [5.74, 6) is -0.445. The third kappa shape index (κ3) is 4.03. The average Bonchev–Trinajstić information content (AvgIpc) is 2.66. The predicted octanol–water partition coefficient (Wildman–Crippen LogP) is -0.306. The number of alkyl halides is 2. The van der Waals surface area contributed by atoms with Gasteiger partial charge in [-0.05, 0) is 6.07 Å². The lowest BCUT2D eigenvalue weighted by molar-refractivity contribution is -0.121. The SMILES string of the molecule is O=C(Cc1ccn[nH]1)NCC(O)C(F)F. The molecule has 0 aromatic carbocycles. The third-order valence-electron chi connectivity index (χ3n) is 1.71. The topological polar surface area (TPSA) is 78.0 Å². The molecular weight excluding hydrogens is 208 g/mol. The van der Waals surface area contributed by atoms with Gasteiger partial charge in [-0.2, -0.15) is 5.10 Å². The van der Waals surface area contributed by atoms with Gasteiger partial charge >= 0.3 is 0 Å². The Morgan fingerprint density at radius 2 is 2.40 bits per heavy atom. The normalized spacial score (nSPS) is 12.8. The molecule has 0 aliphatic rings. The van der Waals surface area contributed by atoms with Gasteiger partial charge in [0.05, 0.1) is 6.42 Å². The van der Waals surface area contributed by atoms with Crippen LogP contribution in [0.1, 0.15) is 5.69 Å². The first-order valence-electron chi connectivity index (χ1n) is 4.30. The molecule has 3 N–H and O–H groups in total. The first kappa shape index (κ1) is 11.6. The molecule has 0 saturated carbocycles. The third-order valence-corrected chi connectivity index (χ3v) is 1.71. The number of carbonyl (C=O) groups is 1. The molecule has 0 bridgehead atoms. The van der Waals surface area contributed by atoms with E-state index in [9.17, 15) is 13.6 Å². The van der Waals surface area contributed by atoms with E-state index in [2.05, 4.69) is 15.5 Å². The smallest absolute Gasteiger partial charge is 0.265 e. The van der Waals surface area contributed by atoms with Crippen LogP contribution in [0.15, 0.2) is 12.3 Å². The number of aliphatic hydroxyl groups is 1. The van der Waals surface area contributed by atoms with Crippen LogP contribution in [0.3, 0.4) is 0 Å². The molecular formula is C8H11F2N3O2. The molecule has 1 aromatic heterocycles. The Hall–Kier alpha value is -1.50. The Morgan fingerprint density at radius 3 is 2.93 bits per heavy atom. The minimum absolute atomic E-state index is 0.0238. The fraction of sp³-hybridized carbons (Fsp3) is 0.500. The second-order valence-electron chi connectivity index (χ2n) is 2.96. The number of H-pyrrole nitrogens is 1. The van der Waals surface area contributed by atoms with Crippen LogP contribution in [0, 0.1) is 0 Å². The number of nitrogens with one attached hydrogen (secondary N) is 2. The largest absolute Gasteiger partial charge is 0.385 e. The van der Waals surface area contributed by atoms with Gasteiger partial charge in [0.25, 0.3) is 6.43 Å². The number of aromatic amines is 1. The minimum Gasteiger partial charge on any atom is -0.385 e. The molecule has 0 saturated heterocycles. The minimum atomic E-state index is -2.85. The van der Waals surface area contributed by atoms with E-state index in [0.717, 1.165) is 0 Å². The summed E-state index contributed by atoms with van der Waals surface area (Å²) in [5, 5.41) is 17.1. The van der Waals surface area contributed by atoms with Crippen LogP contribution in [0.2, 0.25) is 0 Å². The second kappa shape index (κ2) is 5.40. The van der Waals surface area contributed by atoms with E-state index < -0.39 is 25.0 Å². The van der Waals surface area contributed by atoms with Gasteiger partial charge in [-0.25, -0.2) is 8.78 Å². The first-order chi connectivity index (χ1) is 7.09. The number of aliphatic hydroxyl groups excluding tert-OH is 1. The summed E-state index contributed by atoms with van der Waals surface area (Å²) in [7, 11) is 0. The summed E-state index contributed by atoms with van der Waals surface area (Å²) in [6.07, 6.45) is -3.17. The van der Waals surface area contributed by atoms with Gasteiger partial charge in [0.15, 0.2) is 0 Å². The average molecular weight is 219 g/mol. The standard InChI is InChI=1S/C8H11F2N3O2/c9-8(10)6(14)4-11-7(15)3-5-1-2-12-13-5/h1-2,6,8,14H,3-4H2,(H,11,15)(H,12,13). The van der Waals surface area contributed by atoms with E-state index in [1.807, 2.05) is 0 Å². The maximum atomic E-state index is 11.8. The van der Waals surface area contributed by atoms with Crippen molar-refractivity contribution in [1.29, 1.82) is 0 Å². The van der Waals surface area contributed by atoms with Crippen molar-refractivity contribution in [2.45, 2.75) is 19.0 Å². The summed E-state index contributed by atoms with van der Waals surface area (Å²) in [4.78, 5) is 11.1. The van der Waals surface area contributed by atoms with Crippen molar-refractivity contribution >= 4 is 5.91 Å². The molecule has 0 fully saturated rings. The zero-order chi connectivity index (χ0) is 11.3. The Bertz CT molecular complexity index is 303. The van der Waals surface area contributed by atoms with Gasteiger partial charge in [0.1, 0.15) is 6.10 Å². The van der Waals surface area contributed by atoms with Crippen molar-refractivity contribution in [3.05, 3.63) is 18.0 Å². The van der Waals surface area contributed by atoms with Crippen molar-refractivity contribution in [1.82, 2.24) is 15.5 Å². The predicted molar refractivity (Wildman–Crippen MR) is 47.3 cm³/mol. The lowest BCUT2D eigenvalue weighted by Gasteiger charge is -2.09. The monoisotopic (exact) mass is 219 g/mol. The van der Waals surface area contributed by atoms with Crippen molar-refractivity contribution in [2.75, 3.05) is 6.54 Å². The van der Waals surface area contributed by atoms with Crippen molar-refractivity contribution in [2.24, 2.45) is 0 Å². The van der Waals surface area contributed by atoms with E-state index in [1.165, 1.54) is 6.20 Å². The second-order valence-corrected chi connectivity index (χ2v) is 2.96. The first-order valence-corrected chi connectivity index (χ1v) is 4.30. The summed E-state index contributed by atoms with van der Waals surface area (Å²) >= 11 is 0. The van der Waals surface area contributed by atoms with E-state index in [-0.39, 0.29) is 6.42 Å². The molecule has 0 aliphatic carbocycles. The van der Waals surface area contributed by atoms with Gasteiger partial charge in [-0.15, -0.1) is 0 Å². The molecule has 1 unspecified atom stereocenters. The Kier molecular flexibility index (Phi) is 4.17. The number of aromatic nitrogens is 2. The van der Waals surface area contributed by atoms with Gasteiger partial charge in [0, 0.05) is 18.4 Å². The van der Waals surface area contributed by atoms with E-state index in [0.29, 0.717) is 5.69 Å². The number of halogens is 2. The van der Waals surface area contributed by atoms with Crippen LogP contribution in [-0.4, -0.2) is 40.3 Å². The molecule has 15 heavy (non-hydrogen) atoms. The van der Waals surface area contributed by atoms with Crippen molar-refractivity contribution in [3.8, 4) is 0 Å². The molecule has 1 aromatic rings. The zero-order valence-electron chi connectivity index (χ0n) is 7.78. The van der Waals surface area contributed by atoms with Crippen LogP contribution in [-0.2, 0) is 11.2 Å². The molecule has 0 spiro atoms. The highest BCUT2D eigenvalue weighted by atomic mass is 19.3. The van der Waals surface area contributed by atoms with Crippen molar-refractivity contribution in [3.63, 3.8) is 0 Å². The lowest BCUT2D eigenvalue weighted by Crippen LogP contribution is -2.36. The number of hydrogen-bond acceptors (Lipinski definition) is 3. The van der Waals surface area contributed by atoms with E-state index >= 15 is 0 Å². The Labute approximate surface area is 84.5 Å². The Morgan fingerprint density at radius 1 is 1.67 bits per heavy atom. The summed E-state index contributed by atoms with van der Waals surface area (Å²) in [6, 6.07) is 1.60.